The van der Waals surface area contributed by atoms with Gasteiger partial charge >= 0.3 is 0 Å². The van der Waals surface area contributed by atoms with Gasteiger partial charge in [-0.1, -0.05) is 6.92 Å². The van der Waals surface area contributed by atoms with E-state index in [4.69, 9.17) is 0 Å². The lowest BCUT2D eigenvalue weighted by Gasteiger charge is -2.34. The summed E-state index contributed by atoms with van der Waals surface area (Å²) < 4.78 is 0. The van der Waals surface area contributed by atoms with Crippen molar-refractivity contribution in [2.45, 2.75) is 18.6 Å². The van der Waals surface area contributed by atoms with Crippen LogP contribution in [0.5, 0.6) is 0 Å². The normalized spacial score (nSPS) is 29.5. The van der Waals surface area contributed by atoms with Crippen LogP contribution in [-0.2, 0) is 0 Å². The van der Waals surface area contributed by atoms with E-state index in [1.165, 1.54) is 12.2 Å². The highest BCUT2D eigenvalue weighted by Crippen LogP contribution is 2.17. The third-order valence-electron chi connectivity index (χ3n) is 2.42. The van der Waals surface area contributed by atoms with E-state index in [-0.39, 0.29) is 0 Å². The van der Waals surface area contributed by atoms with E-state index >= 15 is 0 Å². The molecule has 2 rings (SSSR count). The molecule has 1 saturated heterocycles. The number of hydrogen-bond donors (Lipinski definition) is 1. The second kappa shape index (κ2) is 4.22. The molecule has 0 aromatic carbocycles. The number of thioether (sulfide) groups is 1. The topological polar surface area (TPSA) is 27.6 Å². The molecular weight excluding hydrogens is 182 g/mol. The van der Waals surface area contributed by atoms with E-state index in [9.17, 15) is 0 Å². The third-order valence-corrected chi connectivity index (χ3v) is 3.56. The Morgan fingerprint density at radius 3 is 3.23 bits per heavy atom. The zero-order valence-corrected chi connectivity index (χ0v) is 8.94. The summed E-state index contributed by atoms with van der Waals surface area (Å²) in [6, 6.07) is 0. The fourth-order valence-electron chi connectivity index (χ4n) is 1.74. The first kappa shape index (κ1) is 9.19. The highest BCUT2D eigenvalue weighted by molar-refractivity contribution is 7.99. The Hall–Kier alpha value is -0.380. The van der Waals surface area contributed by atoms with Crippen LogP contribution in [0.3, 0.4) is 0 Å². The van der Waals surface area contributed by atoms with Gasteiger partial charge in [-0.3, -0.25) is 4.99 Å². The highest BCUT2D eigenvalue weighted by atomic mass is 32.2. The third kappa shape index (κ3) is 2.30. The summed E-state index contributed by atoms with van der Waals surface area (Å²) in [7, 11) is 0. The summed E-state index contributed by atoms with van der Waals surface area (Å²) in [5.41, 5.74) is 0. The van der Waals surface area contributed by atoms with Crippen molar-refractivity contribution in [1.29, 1.82) is 0 Å². The van der Waals surface area contributed by atoms with Crippen LogP contribution in [0.15, 0.2) is 4.99 Å². The summed E-state index contributed by atoms with van der Waals surface area (Å²) >= 11 is 2.06. The molecule has 3 nitrogen and oxygen atoms in total. The van der Waals surface area contributed by atoms with Crippen LogP contribution in [0, 0.1) is 0 Å². The molecule has 0 aromatic heterocycles. The monoisotopic (exact) mass is 199 g/mol. The number of nitrogens with zero attached hydrogens (tertiary/aromatic N) is 2. The molecule has 13 heavy (non-hydrogen) atoms. The smallest absolute Gasteiger partial charge is 0.193 e. The fourth-order valence-corrected chi connectivity index (χ4v) is 2.76. The Labute approximate surface area is 84.0 Å². The first-order valence-electron chi connectivity index (χ1n) is 5.01. The second-order valence-corrected chi connectivity index (χ2v) is 5.16. The largest absolute Gasteiger partial charge is 0.356 e. The van der Waals surface area contributed by atoms with Crippen LogP contribution in [0.2, 0.25) is 0 Å². The zero-order valence-electron chi connectivity index (χ0n) is 8.12. The average Bonchev–Trinajstić information content (AvgIpc) is 2.19. The van der Waals surface area contributed by atoms with Crippen LogP contribution in [0.1, 0.15) is 13.3 Å². The molecule has 0 radical (unpaired) electrons. The van der Waals surface area contributed by atoms with Crippen LogP contribution in [0.4, 0.5) is 0 Å². The van der Waals surface area contributed by atoms with Gasteiger partial charge in [0.15, 0.2) is 5.96 Å². The highest BCUT2D eigenvalue weighted by Gasteiger charge is 2.20. The number of rotatable bonds is 0. The molecule has 74 valence electrons. The van der Waals surface area contributed by atoms with Crippen molar-refractivity contribution < 1.29 is 0 Å². The Bertz CT molecular complexity index is 205. The van der Waals surface area contributed by atoms with E-state index in [0.717, 1.165) is 37.4 Å². The Balaban J connectivity index is 1.94. The van der Waals surface area contributed by atoms with Gasteiger partial charge in [-0.15, -0.1) is 0 Å². The molecule has 0 aromatic rings. The van der Waals surface area contributed by atoms with E-state index < -0.39 is 0 Å². The minimum absolute atomic E-state index is 0.750. The number of hydrogen-bond acceptors (Lipinski definition) is 4. The molecule has 0 saturated carbocycles. The van der Waals surface area contributed by atoms with Crippen molar-refractivity contribution in [3.05, 3.63) is 0 Å². The molecule has 1 atom stereocenters. The van der Waals surface area contributed by atoms with Gasteiger partial charge in [-0.2, -0.15) is 11.8 Å². The van der Waals surface area contributed by atoms with E-state index in [1.807, 2.05) is 0 Å². The Kier molecular flexibility index (Phi) is 2.98. The van der Waals surface area contributed by atoms with Gasteiger partial charge in [0.1, 0.15) is 0 Å². The molecule has 0 spiro atoms. The summed E-state index contributed by atoms with van der Waals surface area (Å²) in [5.74, 6) is 2.38. The summed E-state index contributed by atoms with van der Waals surface area (Å²) in [5, 5.41) is 4.13. The van der Waals surface area contributed by atoms with Gasteiger partial charge in [-0.05, 0) is 6.42 Å². The minimum Gasteiger partial charge on any atom is -0.356 e. The van der Waals surface area contributed by atoms with Crippen molar-refractivity contribution in [2.24, 2.45) is 4.99 Å². The summed E-state index contributed by atoms with van der Waals surface area (Å²) in [6.45, 7) is 6.69. The molecule has 1 unspecified atom stereocenters. The SMILES string of the molecule is CC1CN(C2=NCCCN2)CCS1. The first-order chi connectivity index (χ1) is 6.36. The molecule has 2 aliphatic heterocycles. The van der Waals surface area contributed by atoms with Crippen molar-refractivity contribution in [3.8, 4) is 0 Å². The molecule has 1 fully saturated rings. The Morgan fingerprint density at radius 2 is 2.54 bits per heavy atom. The first-order valence-corrected chi connectivity index (χ1v) is 6.06. The van der Waals surface area contributed by atoms with Crippen molar-refractivity contribution >= 4 is 17.7 Å². The van der Waals surface area contributed by atoms with Gasteiger partial charge < -0.3 is 10.2 Å². The maximum absolute atomic E-state index is 4.51. The summed E-state index contributed by atoms with van der Waals surface area (Å²) in [4.78, 5) is 6.90. The van der Waals surface area contributed by atoms with Gasteiger partial charge in [0, 0.05) is 37.2 Å². The number of aliphatic imine (C=N–C) groups is 1. The second-order valence-electron chi connectivity index (χ2n) is 3.61. The molecule has 0 aliphatic carbocycles. The van der Waals surface area contributed by atoms with Crippen molar-refractivity contribution in [1.82, 2.24) is 10.2 Å². The molecule has 0 bridgehead atoms. The number of guanidine groups is 1. The Morgan fingerprint density at radius 1 is 1.62 bits per heavy atom. The minimum atomic E-state index is 0.750. The lowest BCUT2D eigenvalue weighted by molar-refractivity contribution is 0.411. The van der Waals surface area contributed by atoms with Crippen LogP contribution < -0.4 is 5.32 Å². The zero-order chi connectivity index (χ0) is 9.10. The van der Waals surface area contributed by atoms with Crippen molar-refractivity contribution in [3.63, 3.8) is 0 Å². The predicted octanol–water partition coefficient (Wildman–Crippen LogP) is 0.773. The molecule has 0 amide bonds. The van der Waals surface area contributed by atoms with Crippen LogP contribution in [-0.4, -0.2) is 48.0 Å². The molecule has 2 aliphatic rings. The maximum Gasteiger partial charge on any atom is 0.193 e. The fraction of sp³-hybridized carbons (Fsp3) is 0.889. The molecule has 2 heterocycles. The van der Waals surface area contributed by atoms with E-state index in [1.54, 1.807) is 0 Å². The summed E-state index contributed by atoms with van der Waals surface area (Å²) in [6.07, 6.45) is 1.18. The lowest BCUT2D eigenvalue weighted by Crippen LogP contribution is -2.49. The van der Waals surface area contributed by atoms with Crippen LogP contribution in [0.25, 0.3) is 0 Å². The lowest BCUT2D eigenvalue weighted by atomic mass is 10.3. The molecular formula is C9H17N3S. The van der Waals surface area contributed by atoms with Gasteiger partial charge in [0.05, 0.1) is 0 Å². The number of nitrogens with one attached hydrogen (secondary N) is 1. The van der Waals surface area contributed by atoms with Gasteiger partial charge in [0.25, 0.3) is 0 Å². The van der Waals surface area contributed by atoms with Crippen molar-refractivity contribution in [2.75, 3.05) is 31.9 Å². The van der Waals surface area contributed by atoms with Gasteiger partial charge in [-0.25, -0.2) is 0 Å². The quantitative estimate of drug-likeness (QED) is 0.624. The predicted molar refractivity (Wildman–Crippen MR) is 58.4 cm³/mol. The molecule has 1 N–H and O–H groups in total. The van der Waals surface area contributed by atoms with Crippen LogP contribution >= 0.6 is 11.8 Å². The van der Waals surface area contributed by atoms with E-state index in [2.05, 4.69) is 33.9 Å². The molecule has 4 heteroatoms. The van der Waals surface area contributed by atoms with Gasteiger partial charge in [0.2, 0.25) is 0 Å². The van der Waals surface area contributed by atoms with E-state index in [0.29, 0.717) is 0 Å². The maximum atomic E-state index is 4.51. The standard InChI is InChI=1S/C9H17N3S/c1-8-7-12(5-6-13-8)9-10-3-2-4-11-9/h8H,2-7H2,1H3,(H,10,11). The average molecular weight is 199 g/mol.